The lowest BCUT2D eigenvalue weighted by molar-refractivity contribution is 0.468. The van der Waals surface area contributed by atoms with Crippen LogP contribution in [0.25, 0.3) is 0 Å². The van der Waals surface area contributed by atoms with Crippen molar-refractivity contribution in [3.8, 4) is 0 Å². The minimum absolute atomic E-state index is 0.0701. The Hall–Kier alpha value is -0.960. The van der Waals surface area contributed by atoms with Crippen molar-refractivity contribution in [2.45, 2.75) is 65.3 Å². The van der Waals surface area contributed by atoms with E-state index in [0.717, 1.165) is 30.1 Å². The van der Waals surface area contributed by atoms with Crippen molar-refractivity contribution < 1.29 is 0 Å². The van der Waals surface area contributed by atoms with Crippen molar-refractivity contribution in [2.75, 3.05) is 0 Å². The number of aryl methyl sites for hydroxylation is 2. The molecule has 0 fully saturated rings. The van der Waals surface area contributed by atoms with E-state index in [1.165, 1.54) is 0 Å². The topological polar surface area (TPSA) is 51.8 Å². The molecule has 2 N–H and O–H groups in total. The van der Waals surface area contributed by atoms with Crippen LogP contribution in [0.1, 0.15) is 58.3 Å². The van der Waals surface area contributed by atoms with Gasteiger partial charge in [0.25, 0.3) is 0 Å². The van der Waals surface area contributed by atoms with Crippen LogP contribution in [0.4, 0.5) is 0 Å². The van der Waals surface area contributed by atoms with Crippen molar-refractivity contribution in [1.82, 2.24) is 9.97 Å². The zero-order chi connectivity index (χ0) is 13.3. The van der Waals surface area contributed by atoms with E-state index < -0.39 is 0 Å². The summed E-state index contributed by atoms with van der Waals surface area (Å²) in [4.78, 5) is 9.12. The van der Waals surface area contributed by atoms with Crippen molar-refractivity contribution in [2.24, 2.45) is 5.73 Å². The van der Waals surface area contributed by atoms with Gasteiger partial charge in [0, 0.05) is 28.8 Å². The highest BCUT2D eigenvalue weighted by Crippen LogP contribution is 2.21. The SMILES string of the molecule is Cc1cc(C(C)(C)C)nc(CCC(C)(C)N)n1. The van der Waals surface area contributed by atoms with Crippen LogP contribution in [0.15, 0.2) is 6.07 Å². The monoisotopic (exact) mass is 235 g/mol. The van der Waals surface area contributed by atoms with Gasteiger partial charge in [-0.1, -0.05) is 20.8 Å². The van der Waals surface area contributed by atoms with Crippen molar-refractivity contribution in [3.63, 3.8) is 0 Å². The lowest BCUT2D eigenvalue weighted by Crippen LogP contribution is -2.32. The van der Waals surface area contributed by atoms with Gasteiger partial charge >= 0.3 is 0 Å². The smallest absolute Gasteiger partial charge is 0.128 e. The molecule has 0 aliphatic heterocycles. The molecule has 1 aromatic heterocycles. The molecule has 1 rings (SSSR count). The first-order valence-electron chi connectivity index (χ1n) is 6.22. The van der Waals surface area contributed by atoms with Crippen LogP contribution in [0.3, 0.4) is 0 Å². The van der Waals surface area contributed by atoms with E-state index in [1.807, 2.05) is 20.8 Å². The van der Waals surface area contributed by atoms with Crippen molar-refractivity contribution >= 4 is 0 Å². The molecular weight excluding hydrogens is 210 g/mol. The third-order valence-corrected chi connectivity index (χ3v) is 2.66. The predicted octanol–water partition coefficient (Wildman–Crippen LogP) is 2.75. The van der Waals surface area contributed by atoms with Gasteiger partial charge in [0.2, 0.25) is 0 Å². The van der Waals surface area contributed by atoms with E-state index in [-0.39, 0.29) is 11.0 Å². The average molecular weight is 235 g/mol. The van der Waals surface area contributed by atoms with Crippen LogP contribution in [0, 0.1) is 6.92 Å². The van der Waals surface area contributed by atoms with Gasteiger partial charge in [0.05, 0.1) is 0 Å². The Labute approximate surface area is 105 Å². The van der Waals surface area contributed by atoms with Crippen molar-refractivity contribution in [3.05, 3.63) is 23.3 Å². The second-order valence-corrected chi connectivity index (χ2v) is 6.55. The van der Waals surface area contributed by atoms with E-state index >= 15 is 0 Å². The highest BCUT2D eigenvalue weighted by Gasteiger charge is 2.18. The molecule has 0 radical (unpaired) electrons. The molecule has 1 aromatic rings. The zero-order valence-corrected chi connectivity index (χ0v) is 12.0. The molecule has 0 saturated carbocycles. The molecule has 17 heavy (non-hydrogen) atoms. The number of nitrogens with zero attached hydrogens (tertiary/aromatic N) is 2. The summed E-state index contributed by atoms with van der Waals surface area (Å²) in [6.45, 7) is 12.6. The summed E-state index contributed by atoms with van der Waals surface area (Å²) in [5.41, 5.74) is 8.05. The molecule has 0 atom stereocenters. The molecule has 0 amide bonds. The Morgan fingerprint density at radius 3 is 2.18 bits per heavy atom. The summed E-state index contributed by atoms with van der Waals surface area (Å²) >= 11 is 0. The number of nitrogens with two attached hydrogens (primary N) is 1. The maximum Gasteiger partial charge on any atom is 0.128 e. The Kier molecular flexibility index (Phi) is 3.92. The fraction of sp³-hybridized carbons (Fsp3) is 0.714. The second kappa shape index (κ2) is 4.73. The first-order chi connectivity index (χ1) is 7.58. The molecule has 0 unspecified atom stereocenters. The van der Waals surface area contributed by atoms with Gasteiger partial charge in [-0.05, 0) is 33.3 Å². The third kappa shape index (κ3) is 4.82. The van der Waals surface area contributed by atoms with E-state index in [9.17, 15) is 0 Å². The van der Waals surface area contributed by atoms with Gasteiger partial charge in [0.1, 0.15) is 5.82 Å². The van der Waals surface area contributed by atoms with E-state index in [0.29, 0.717) is 0 Å². The summed E-state index contributed by atoms with van der Waals surface area (Å²) < 4.78 is 0. The highest BCUT2D eigenvalue weighted by atomic mass is 14.9. The number of rotatable bonds is 3. The largest absolute Gasteiger partial charge is 0.326 e. The highest BCUT2D eigenvalue weighted by molar-refractivity contribution is 5.17. The molecule has 3 nitrogen and oxygen atoms in total. The fourth-order valence-electron chi connectivity index (χ4n) is 1.56. The van der Waals surface area contributed by atoms with Gasteiger partial charge in [-0.3, -0.25) is 0 Å². The Morgan fingerprint density at radius 2 is 1.71 bits per heavy atom. The molecular formula is C14H25N3. The summed E-state index contributed by atoms with van der Waals surface area (Å²) in [5, 5.41) is 0. The third-order valence-electron chi connectivity index (χ3n) is 2.66. The first kappa shape index (κ1) is 14.1. The zero-order valence-electron chi connectivity index (χ0n) is 12.0. The Balaban J connectivity index is 2.91. The molecule has 0 bridgehead atoms. The van der Waals surface area contributed by atoms with Gasteiger partial charge in [-0.25, -0.2) is 9.97 Å². The molecule has 0 aliphatic rings. The summed E-state index contributed by atoms with van der Waals surface area (Å²) in [6.07, 6.45) is 1.74. The van der Waals surface area contributed by atoms with E-state index in [4.69, 9.17) is 5.73 Å². The summed E-state index contributed by atoms with van der Waals surface area (Å²) in [6, 6.07) is 2.07. The maximum absolute atomic E-state index is 5.99. The van der Waals surface area contributed by atoms with Gasteiger partial charge in [-0.2, -0.15) is 0 Å². The summed E-state index contributed by atoms with van der Waals surface area (Å²) in [7, 11) is 0. The van der Waals surface area contributed by atoms with Crippen LogP contribution in [-0.4, -0.2) is 15.5 Å². The lowest BCUT2D eigenvalue weighted by Gasteiger charge is -2.20. The van der Waals surface area contributed by atoms with Crippen LogP contribution < -0.4 is 5.73 Å². The van der Waals surface area contributed by atoms with E-state index in [1.54, 1.807) is 0 Å². The minimum Gasteiger partial charge on any atom is -0.326 e. The molecule has 0 aromatic carbocycles. The Morgan fingerprint density at radius 1 is 1.12 bits per heavy atom. The van der Waals surface area contributed by atoms with Crippen LogP contribution >= 0.6 is 0 Å². The van der Waals surface area contributed by atoms with Crippen molar-refractivity contribution in [1.29, 1.82) is 0 Å². The average Bonchev–Trinajstić information content (AvgIpc) is 2.11. The minimum atomic E-state index is -0.158. The molecule has 1 heterocycles. The standard InChI is InChI=1S/C14H25N3/c1-10-9-11(13(2,3)4)17-12(16-10)7-8-14(5,6)15/h9H,7-8,15H2,1-6H3. The number of hydrogen-bond donors (Lipinski definition) is 1. The molecule has 3 heteroatoms. The van der Waals surface area contributed by atoms with Crippen LogP contribution in [0.2, 0.25) is 0 Å². The van der Waals surface area contributed by atoms with E-state index in [2.05, 4.69) is 36.8 Å². The van der Waals surface area contributed by atoms with Gasteiger partial charge in [0.15, 0.2) is 0 Å². The number of hydrogen-bond acceptors (Lipinski definition) is 3. The maximum atomic E-state index is 5.99. The quantitative estimate of drug-likeness (QED) is 0.876. The van der Waals surface area contributed by atoms with Gasteiger partial charge < -0.3 is 5.73 Å². The molecule has 96 valence electrons. The normalized spacial score (nSPS) is 12.9. The Bertz CT molecular complexity index is 383. The molecule has 0 spiro atoms. The van der Waals surface area contributed by atoms with Gasteiger partial charge in [-0.15, -0.1) is 0 Å². The lowest BCUT2D eigenvalue weighted by atomic mass is 9.91. The van der Waals surface area contributed by atoms with Crippen LogP contribution in [-0.2, 0) is 11.8 Å². The first-order valence-corrected chi connectivity index (χ1v) is 6.22. The number of aromatic nitrogens is 2. The van der Waals surface area contributed by atoms with Crippen LogP contribution in [0.5, 0.6) is 0 Å². The predicted molar refractivity (Wildman–Crippen MR) is 72.1 cm³/mol. The molecule has 0 saturated heterocycles. The molecule has 0 aliphatic carbocycles. The fourth-order valence-corrected chi connectivity index (χ4v) is 1.56. The summed E-state index contributed by atoms with van der Waals surface area (Å²) in [5.74, 6) is 0.911. The second-order valence-electron chi connectivity index (χ2n) is 6.55.